The van der Waals surface area contributed by atoms with Crippen molar-refractivity contribution in [3.8, 4) is 11.5 Å². The molecule has 0 amide bonds. The van der Waals surface area contributed by atoms with Crippen molar-refractivity contribution in [1.82, 2.24) is 15.5 Å². The van der Waals surface area contributed by atoms with E-state index in [1.54, 1.807) is 26.4 Å². The minimum Gasteiger partial charge on any atom is -0.497 e. The Hall–Kier alpha value is -2.04. The largest absolute Gasteiger partial charge is 0.497 e. The molecular formula is C25H37IN4O3. The van der Waals surface area contributed by atoms with Crippen LogP contribution in [0.1, 0.15) is 37.0 Å². The van der Waals surface area contributed by atoms with Crippen molar-refractivity contribution in [2.24, 2.45) is 4.99 Å². The van der Waals surface area contributed by atoms with Crippen LogP contribution in [-0.2, 0) is 6.54 Å². The molecule has 1 aliphatic heterocycles. The normalized spacial score (nSPS) is 15.9. The maximum absolute atomic E-state index is 10.7. The minimum atomic E-state index is -0.789. The van der Waals surface area contributed by atoms with Crippen molar-refractivity contribution in [1.29, 1.82) is 0 Å². The van der Waals surface area contributed by atoms with Crippen molar-refractivity contribution in [2.75, 3.05) is 40.4 Å². The number of halogens is 1. The highest BCUT2D eigenvalue weighted by molar-refractivity contribution is 14.0. The highest BCUT2D eigenvalue weighted by atomic mass is 127. The topological polar surface area (TPSA) is 78.4 Å². The number of guanidine groups is 1. The minimum absolute atomic E-state index is 0. The van der Waals surface area contributed by atoms with Gasteiger partial charge in [0.2, 0.25) is 0 Å². The number of piperidine rings is 1. The summed E-state index contributed by atoms with van der Waals surface area (Å²) in [6, 6.07) is 16.4. The van der Waals surface area contributed by atoms with Crippen LogP contribution in [0.2, 0.25) is 0 Å². The van der Waals surface area contributed by atoms with Crippen LogP contribution < -0.4 is 20.1 Å². The molecule has 0 radical (unpaired) electrons. The second kappa shape index (κ2) is 14.3. The molecule has 1 aliphatic rings. The van der Waals surface area contributed by atoms with Crippen LogP contribution in [0.4, 0.5) is 0 Å². The average molecular weight is 569 g/mol. The number of aliphatic hydroxyl groups excluding tert-OH is 1. The zero-order valence-corrected chi connectivity index (χ0v) is 22.1. The third kappa shape index (κ3) is 8.35. The number of hydrogen-bond acceptors (Lipinski definition) is 5. The molecule has 0 saturated carbocycles. The number of ether oxygens (including phenoxy) is 2. The maximum atomic E-state index is 10.7. The lowest BCUT2D eigenvalue weighted by Gasteiger charge is -2.33. The molecular weight excluding hydrogens is 531 g/mol. The quantitative estimate of drug-likeness (QED) is 0.244. The summed E-state index contributed by atoms with van der Waals surface area (Å²) < 4.78 is 10.7. The summed E-state index contributed by atoms with van der Waals surface area (Å²) in [6.45, 7) is 6.13. The van der Waals surface area contributed by atoms with Gasteiger partial charge in [0, 0.05) is 37.8 Å². The monoisotopic (exact) mass is 568 g/mol. The standard InChI is InChI=1S/C25H36N4O3.HI/c1-4-26-25(27-17-23(30)22-16-21(31-2)10-11-24(22)32-3)28-20-12-14-29(15-13-20)18-19-8-6-5-7-9-19;/h5-11,16,20,23,30H,4,12-15,17-18H2,1-3H3,(H2,26,27,28);1H. The summed E-state index contributed by atoms with van der Waals surface area (Å²) >= 11 is 0. The van der Waals surface area contributed by atoms with Gasteiger partial charge in [-0.3, -0.25) is 9.89 Å². The van der Waals surface area contributed by atoms with E-state index in [-0.39, 0.29) is 30.5 Å². The zero-order valence-electron chi connectivity index (χ0n) is 19.8. The Morgan fingerprint density at radius 2 is 1.85 bits per heavy atom. The first kappa shape index (κ1) is 27.2. The smallest absolute Gasteiger partial charge is 0.191 e. The fourth-order valence-electron chi connectivity index (χ4n) is 3.97. The van der Waals surface area contributed by atoms with E-state index in [0.29, 0.717) is 23.1 Å². The van der Waals surface area contributed by atoms with E-state index in [1.807, 2.05) is 13.0 Å². The Labute approximate surface area is 214 Å². The molecule has 1 fully saturated rings. The average Bonchev–Trinajstić information content (AvgIpc) is 2.84. The van der Waals surface area contributed by atoms with Crippen molar-refractivity contribution in [3.63, 3.8) is 0 Å². The van der Waals surface area contributed by atoms with E-state index in [4.69, 9.17) is 9.47 Å². The van der Waals surface area contributed by atoms with Crippen LogP contribution in [0.3, 0.4) is 0 Å². The number of aliphatic hydroxyl groups is 1. The van der Waals surface area contributed by atoms with E-state index in [2.05, 4.69) is 50.9 Å². The number of nitrogens with zero attached hydrogens (tertiary/aromatic N) is 2. The number of aliphatic imine (C=N–C) groups is 1. The van der Waals surface area contributed by atoms with Crippen molar-refractivity contribution >= 4 is 29.9 Å². The van der Waals surface area contributed by atoms with Crippen LogP contribution in [0.25, 0.3) is 0 Å². The molecule has 182 valence electrons. The molecule has 2 aromatic carbocycles. The lowest BCUT2D eigenvalue weighted by molar-refractivity contribution is 0.181. The summed E-state index contributed by atoms with van der Waals surface area (Å²) in [5.74, 6) is 2.03. The number of benzene rings is 2. The molecule has 1 saturated heterocycles. The molecule has 1 atom stereocenters. The van der Waals surface area contributed by atoms with E-state index in [1.165, 1.54) is 5.56 Å². The first-order chi connectivity index (χ1) is 15.6. The number of nitrogens with one attached hydrogen (secondary N) is 2. The van der Waals surface area contributed by atoms with Gasteiger partial charge in [0.1, 0.15) is 17.6 Å². The molecule has 1 heterocycles. The van der Waals surface area contributed by atoms with E-state index in [0.717, 1.165) is 45.0 Å². The highest BCUT2D eigenvalue weighted by Gasteiger charge is 2.20. The molecule has 33 heavy (non-hydrogen) atoms. The van der Waals surface area contributed by atoms with E-state index in [9.17, 15) is 5.11 Å². The second-order valence-electron chi connectivity index (χ2n) is 8.02. The molecule has 3 rings (SSSR count). The molecule has 0 aliphatic carbocycles. The molecule has 0 bridgehead atoms. The summed E-state index contributed by atoms with van der Waals surface area (Å²) in [4.78, 5) is 7.13. The Morgan fingerprint density at radius 1 is 1.12 bits per heavy atom. The van der Waals surface area contributed by atoms with Gasteiger partial charge in [-0.15, -0.1) is 24.0 Å². The van der Waals surface area contributed by atoms with Crippen LogP contribution in [0, 0.1) is 0 Å². The first-order valence-electron chi connectivity index (χ1n) is 11.3. The van der Waals surface area contributed by atoms with Crippen LogP contribution >= 0.6 is 24.0 Å². The Kier molecular flexibility index (Phi) is 11.8. The summed E-state index contributed by atoms with van der Waals surface area (Å²) in [6.07, 6.45) is 1.33. The Balaban J connectivity index is 0.00000385. The molecule has 0 spiro atoms. The zero-order chi connectivity index (χ0) is 22.8. The fourth-order valence-corrected chi connectivity index (χ4v) is 3.97. The van der Waals surface area contributed by atoms with Gasteiger partial charge in [-0.1, -0.05) is 30.3 Å². The maximum Gasteiger partial charge on any atom is 0.191 e. The lowest BCUT2D eigenvalue weighted by atomic mass is 10.0. The number of hydrogen-bond donors (Lipinski definition) is 3. The molecule has 8 heteroatoms. The number of methoxy groups -OCH3 is 2. The van der Waals surface area contributed by atoms with Gasteiger partial charge in [-0.2, -0.15) is 0 Å². The Morgan fingerprint density at radius 3 is 2.48 bits per heavy atom. The first-order valence-corrected chi connectivity index (χ1v) is 11.3. The molecule has 2 aromatic rings. The van der Waals surface area contributed by atoms with Crippen LogP contribution in [-0.4, -0.2) is 62.4 Å². The van der Waals surface area contributed by atoms with E-state index < -0.39 is 6.10 Å². The van der Waals surface area contributed by atoms with Gasteiger partial charge < -0.3 is 25.2 Å². The van der Waals surface area contributed by atoms with Gasteiger partial charge in [0.05, 0.1) is 20.8 Å². The summed E-state index contributed by atoms with van der Waals surface area (Å²) in [7, 11) is 3.20. The number of likely N-dealkylation sites (tertiary alicyclic amines) is 1. The van der Waals surface area contributed by atoms with Crippen LogP contribution in [0.15, 0.2) is 53.5 Å². The summed E-state index contributed by atoms with van der Waals surface area (Å²) in [5, 5.41) is 17.6. The van der Waals surface area contributed by atoms with Crippen LogP contribution in [0.5, 0.6) is 11.5 Å². The second-order valence-corrected chi connectivity index (χ2v) is 8.02. The van der Waals surface area contributed by atoms with Gasteiger partial charge in [0.15, 0.2) is 5.96 Å². The third-order valence-corrected chi connectivity index (χ3v) is 5.74. The third-order valence-electron chi connectivity index (χ3n) is 5.74. The summed E-state index contributed by atoms with van der Waals surface area (Å²) in [5.41, 5.74) is 2.02. The van der Waals surface area contributed by atoms with E-state index >= 15 is 0 Å². The van der Waals surface area contributed by atoms with Gasteiger partial charge in [-0.25, -0.2) is 0 Å². The predicted octanol–water partition coefficient (Wildman–Crippen LogP) is 3.57. The highest BCUT2D eigenvalue weighted by Crippen LogP contribution is 2.29. The molecule has 0 aromatic heterocycles. The lowest BCUT2D eigenvalue weighted by Crippen LogP contribution is -2.48. The molecule has 1 unspecified atom stereocenters. The number of rotatable bonds is 9. The Bertz CT molecular complexity index is 858. The van der Waals surface area contributed by atoms with Crippen molar-refractivity contribution in [3.05, 3.63) is 59.7 Å². The van der Waals surface area contributed by atoms with Crippen molar-refractivity contribution in [2.45, 2.75) is 38.5 Å². The molecule has 7 nitrogen and oxygen atoms in total. The predicted molar refractivity (Wildman–Crippen MR) is 144 cm³/mol. The SMILES string of the molecule is CCNC(=NCC(O)c1cc(OC)ccc1OC)NC1CCN(Cc2ccccc2)CC1.I. The van der Waals surface area contributed by atoms with Gasteiger partial charge in [0.25, 0.3) is 0 Å². The van der Waals surface area contributed by atoms with Crippen molar-refractivity contribution < 1.29 is 14.6 Å². The van der Waals surface area contributed by atoms with Gasteiger partial charge in [-0.05, 0) is 43.5 Å². The molecule has 3 N–H and O–H groups in total. The van der Waals surface area contributed by atoms with Gasteiger partial charge >= 0.3 is 0 Å². The fraction of sp³-hybridized carbons (Fsp3) is 0.480.